The molecule has 1 aromatic heterocycles. The second kappa shape index (κ2) is 6.07. The van der Waals surface area contributed by atoms with Crippen molar-refractivity contribution in [3.05, 3.63) is 59.4 Å². The van der Waals surface area contributed by atoms with Crippen molar-refractivity contribution >= 4 is 0 Å². The van der Waals surface area contributed by atoms with E-state index >= 15 is 0 Å². The summed E-state index contributed by atoms with van der Waals surface area (Å²) in [6.45, 7) is 7.56. The zero-order valence-corrected chi connectivity index (χ0v) is 12.4. The van der Waals surface area contributed by atoms with E-state index in [4.69, 9.17) is 0 Å². The highest BCUT2D eigenvalue weighted by molar-refractivity contribution is 5.23. The van der Waals surface area contributed by atoms with E-state index in [9.17, 15) is 0 Å². The highest BCUT2D eigenvalue weighted by atomic mass is 15.0. The Hall–Kier alpha value is -1.54. The minimum atomic E-state index is 0.430. The van der Waals surface area contributed by atoms with Crippen molar-refractivity contribution in [2.75, 3.05) is 7.05 Å². The monoisotopic (exact) mass is 256 g/mol. The summed E-state index contributed by atoms with van der Waals surface area (Å²) in [6, 6.07) is 11.4. The first-order chi connectivity index (χ1) is 9.10. The van der Waals surface area contributed by atoms with Crippen LogP contribution in [-0.2, 0) is 6.54 Å². The SMILES string of the molecule is CNC(c1ccn(Cc2ccc(C)cc2)c1)C(C)C. The van der Waals surface area contributed by atoms with Crippen LogP contribution < -0.4 is 5.32 Å². The van der Waals surface area contributed by atoms with E-state index < -0.39 is 0 Å². The molecular weight excluding hydrogens is 232 g/mol. The topological polar surface area (TPSA) is 17.0 Å². The molecule has 0 aliphatic heterocycles. The number of benzene rings is 1. The fourth-order valence-electron chi connectivity index (χ4n) is 2.53. The van der Waals surface area contributed by atoms with Gasteiger partial charge in [-0.15, -0.1) is 0 Å². The molecule has 2 rings (SSSR count). The summed E-state index contributed by atoms with van der Waals surface area (Å²) < 4.78 is 2.26. The normalized spacial score (nSPS) is 12.9. The summed E-state index contributed by atoms with van der Waals surface area (Å²) in [4.78, 5) is 0. The number of nitrogens with zero attached hydrogens (tertiary/aromatic N) is 1. The summed E-state index contributed by atoms with van der Waals surface area (Å²) in [7, 11) is 2.03. The molecule has 0 amide bonds. The summed E-state index contributed by atoms with van der Waals surface area (Å²) >= 11 is 0. The number of rotatable bonds is 5. The van der Waals surface area contributed by atoms with Crippen LogP contribution in [-0.4, -0.2) is 11.6 Å². The number of hydrogen-bond donors (Lipinski definition) is 1. The lowest BCUT2D eigenvalue weighted by molar-refractivity contribution is 0.443. The average molecular weight is 256 g/mol. The van der Waals surface area contributed by atoms with E-state index in [0.717, 1.165) is 6.54 Å². The number of aryl methyl sites for hydroxylation is 1. The Balaban J connectivity index is 2.10. The molecule has 19 heavy (non-hydrogen) atoms. The number of nitrogens with one attached hydrogen (secondary N) is 1. The molecular formula is C17H24N2. The fourth-order valence-corrected chi connectivity index (χ4v) is 2.53. The largest absolute Gasteiger partial charge is 0.350 e. The second-order valence-corrected chi connectivity index (χ2v) is 5.61. The molecule has 1 unspecified atom stereocenters. The van der Waals surface area contributed by atoms with E-state index in [1.54, 1.807) is 0 Å². The molecule has 1 N–H and O–H groups in total. The standard InChI is InChI=1S/C17H24N2/c1-13(2)17(18-4)16-9-10-19(12-16)11-15-7-5-14(3)6-8-15/h5-10,12-13,17-18H,11H2,1-4H3. The zero-order chi connectivity index (χ0) is 13.8. The Bertz CT molecular complexity index is 508. The molecule has 0 saturated carbocycles. The lowest BCUT2D eigenvalue weighted by Gasteiger charge is -2.18. The van der Waals surface area contributed by atoms with Gasteiger partial charge in [-0.05, 0) is 37.1 Å². The van der Waals surface area contributed by atoms with E-state index in [1.807, 2.05) is 7.05 Å². The van der Waals surface area contributed by atoms with Crippen LogP contribution >= 0.6 is 0 Å². The second-order valence-electron chi connectivity index (χ2n) is 5.61. The van der Waals surface area contributed by atoms with Gasteiger partial charge in [-0.3, -0.25) is 0 Å². The molecule has 2 nitrogen and oxygen atoms in total. The van der Waals surface area contributed by atoms with E-state index in [0.29, 0.717) is 12.0 Å². The van der Waals surface area contributed by atoms with Crippen LogP contribution in [0, 0.1) is 12.8 Å². The summed E-state index contributed by atoms with van der Waals surface area (Å²) in [5, 5.41) is 3.39. The van der Waals surface area contributed by atoms with Crippen molar-refractivity contribution in [3.8, 4) is 0 Å². The Morgan fingerprint density at radius 2 is 1.79 bits per heavy atom. The molecule has 0 saturated heterocycles. The minimum absolute atomic E-state index is 0.430. The quantitative estimate of drug-likeness (QED) is 0.862. The third-order valence-corrected chi connectivity index (χ3v) is 3.60. The molecule has 0 aliphatic carbocycles. The Morgan fingerprint density at radius 1 is 1.11 bits per heavy atom. The van der Waals surface area contributed by atoms with Crippen LogP contribution in [0.5, 0.6) is 0 Å². The van der Waals surface area contributed by atoms with Gasteiger partial charge in [0.2, 0.25) is 0 Å². The van der Waals surface area contributed by atoms with Gasteiger partial charge < -0.3 is 9.88 Å². The molecule has 0 bridgehead atoms. The molecule has 2 aromatic rings. The third-order valence-electron chi connectivity index (χ3n) is 3.60. The average Bonchev–Trinajstić information content (AvgIpc) is 2.81. The Morgan fingerprint density at radius 3 is 2.37 bits per heavy atom. The van der Waals surface area contributed by atoms with Gasteiger partial charge in [0.25, 0.3) is 0 Å². The van der Waals surface area contributed by atoms with Crippen LogP contribution in [0.2, 0.25) is 0 Å². The first-order valence-electron chi connectivity index (χ1n) is 6.98. The molecule has 0 spiro atoms. The molecule has 0 radical (unpaired) electrons. The summed E-state index contributed by atoms with van der Waals surface area (Å²) in [5.74, 6) is 0.597. The maximum atomic E-state index is 3.39. The van der Waals surface area contributed by atoms with Crippen molar-refractivity contribution in [3.63, 3.8) is 0 Å². The summed E-state index contributed by atoms with van der Waals surface area (Å²) in [6.07, 6.45) is 4.42. The predicted molar refractivity (Wildman–Crippen MR) is 81.4 cm³/mol. The van der Waals surface area contributed by atoms with Crippen molar-refractivity contribution in [2.45, 2.75) is 33.4 Å². The van der Waals surface area contributed by atoms with Gasteiger partial charge in [0.1, 0.15) is 0 Å². The zero-order valence-electron chi connectivity index (χ0n) is 12.4. The van der Waals surface area contributed by atoms with Crippen LogP contribution in [0.4, 0.5) is 0 Å². The highest BCUT2D eigenvalue weighted by Gasteiger charge is 2.14. The Kier molecular flexibility index (Phi) is 4.43. The first kappa shape index (κ1) is 13.9. The lowest BCUT2D eigenvalue weighted by atomic mass is 9.99. The molecule has 2 heteroatoms. The molecule has 0 aliphatic rings. The van der Waals surface area contributed by atoms with Crippen LogP contribution in [0.3, 0.4) is 0 Å². The first-order valence-corrected chi connectivity index (χ1v) is 6.98. The van der Waals surface area contributed by atoms with Gasteiger partial charge in [-0.2, -0.15) is 0 Å². The predicted octanol–water partition coefficient (Wildman–Crippen LogP) is 3.76. The number of hydrogen-bond acceptors (Lipinski definition) is 1. The van der Waals surface area contributed by atoms with E-state index in [2.05, 4.69) is 73.4 Å². The van der Waals surface area contributed by atoms with E-state index in [-0.39, 0.29) is 0 Å². The smallest absolute Gasteiger partial charge is 0.0470 e. The minimum Gasteiger partial charge on any atom is -0.350 e. The lowest BCUT2D eigenvalue weighted by Crippen LogP contribution is -2.21. The van der Waals surface area contributed by atoms with Crippen LogP contribution in [0.1, 0.15) is 36.6 Å². The van der Waals surface area contributed by atoms with Gasteiger partial charge >= 0.3 is 0 Å². The highest BCUT2D eigenvalue weighted by Crippen LogP contribution is 2.21. The summed E-state index contributed by atoms with van der Waals surface area (Å²) in [5.41, 5.74) is 4.02. The third kappa shape index (κ3) is 3.48. The fraction of sp³-hybridized carbons (Fsp3) is 0.412. The van der Waals surface area contributed by atoms with Gasteiger partial charge in [-0.1, -0.05) is 43.7 Å². The van der Waals surface area contributed by atoms with Crippen molar-refractivity contribution < 1.29 is 0 Å². The molecule has 102 valence electrons. The van der Waals surface area contributed by atoms with Crippen molar-refractivity contribution in [1.29, 1.82) is 0 Å². The van der Waals surface area contributed by atoms with Crippen LogP contribution in [0.25, 0.3) is 0 Å². The molecule has 1 aromatic carbocycles. The van der Waals surface area contributed by atoms with E-state index in [1.165, 1.54) is 16.7 Å². The Labute approximate surface area is 116 Å². The molecule has 1 heterocycles. The van der Waals surface area contributed by atoms with Crippen molar-refractivity contribution in [1.82, 2.24) is 9.88 Å². The molecule has 1 atom stereocenters. The van der Waals surface area contributed by atoms with Gasteiger partial charge in [0.15, 0.2) is 0 Å². The van der Waals surface area contributed by atoms with Gasteiger partial charge in [-0.25, -0.2) is 0 Å². The maximum Gasteiger partial charge on any atom is 0.0470 e. The maximum absolute atomic E-state index is 3.39. The van der Waals surface area contributed by atoms with Gasteiger partial charge in [0, 0.05) is 25.0 Å². The van der Waals surface area contributed by atoms with Crippen molar-refractivity contribution in [2.24, 2.45) is 5.92 Å². The van der Waals surface area contributed by atoms with Gasteiger partial charge in [0.05, 0.1) is 0 Å². The molecule has 0 fully saturated rings. The van der Waals surface area contributed by atoms with Crippen LogP contribution in [0.15, 0.2) is 42.7 Å². The number of aromatic nitrogens is 1.